The van der Waals surface area contributed by atoms with Crippen molar-refractivity contribution in [2.24, 2.45) is 0 Å². The molecule has 3 rings (SSSR count). The predicted molar refractivity (Wildman–Crippen MR) is 139 cm³/mol. The highest BCUT2D eigenvalue weighted by Gasteiger charge is 2.14. The molecule has 2 N–H and O–H groups in total. The van der Waals surface area contributed by atoms with Crippen LogP contribution in [0.5, 0.6) is 0 Å². The number of amides is 1. The molecule has 184 valence electrons. The van der Waals surface area contributed by atoms with Crippen LogP contribution in [0.1, 0.15) is 12.5 Å². The van der Waals surface area contributed by atoms with Gasteiger partial charge in [-0.1, -0.05) is 12.1 Å². The second-order valence-corrected chi connectivity index (χ2v) is 8.82. The van der Waals surface area contributed by atoms with Crippen LogP contribution >= 0.6 is 11.3 Å². The molecular weight excluding hydrogens is 479 g/mol. The monoisotopic (exact) mass is 504 g/mol. The molecule has 0 atom stereocenters. The quantitative estimate of drug-likeness (QED) is 0.431. The van der Waals surface area contributed by atoms with Crippen molar-refractivity contribution in [3.8, 4) is 12.1 Å². The number of halogens is 1. The topological polar surface area (TPSA) is 114 Å². The summed E-state index contributed by atoms with van der Waals surface area (Å²) in [5.74, 6) is -0.963. The first-order valence-electron chi connectivity index (χ1n) is 11.2. The Morgan fingerprint density at radius 2 is 1.97 bits per heavy atom. The van der Waals surface area contributed by atoms with E-state index in [9.17, 15) is 19.2 Å². The van der Waals surface area contributed by atoms with Gasteiger partial charge in [-0.3, -0.25) is 14.2 Å². The van der Waals surface area contributed by atoms with Gasteiger partial charge in [0.1, 0.15) is 27.6 Å². The molecule has 1 aromatic heterocycles. The van der Waals surface area contributed by atoms with E-state index in [0.717, 1.165) is 41.2 Å². The maximum absolute atomic E-state index is 13.2. The summed E-state index contributed by atoms with van der Waals surface area (Å²) < 4.78 is 15.1. The van der Waals surface area contributed by atoms with Crippen molar-refractivity contribution in [3.63, 3.8) is 0 Å². The van der Waals surface area contributed by atoms with Gasteiger partial charge >= 0.3 is 0 Å². The standard InChI is InChI=1S/C26H25FN6O2S/c1-3-33-25(35)23(36-26(33)22(16-29)24(34)30-13-12-28)17-31-20-6-4-5-18(15-20)11-14-32(2)21-9-7-19(27)8-10-21/h4-10,15,17,31H,3,11,13-14H2,1-2H3,(H,30,34)/b23-17+,26-22-. The lowest BCUT2D eigenvalue weighted by Crippen LogP contribution is -2.34. The second-order valence-electron chi connectivity index (χ2n) is 7.79. The number of hydrogen-bond donors (Lipinski definition) is 2. The van der Waals surface area contributed by atoms with E-state index in [4.69, 9.17) is 5.26 Å². The Morgan fingerprint density at radius 1 is 1.22 bits per heavy atom. The smallest absolute Gasteiger partial charge is 0.270 e. The third kappa shape index (κ3) is 6.38. The number of likely N-dealkylation sites (N-methyl/N-ethyl adjacent to an activating group) is 1. The van der Waals surface area contributed by atoms with Gasteiger partial charge in [0.05, 0.1) is 6.07 Å². The van der Waals surface area contributed by atoms with Gasteiger partial charge in [0.2, 0.25) is 0 Å². The largest absolute Gasteiger partial charge is 0.374 e. The lowest BCUT2D eigenvalue weighted by Gasteiger charge is -2.19. The average molecular weight is 505 g/mol. The first-order chi connectivity index (χ1) is 17.4. The molecule has 0 fully saturated rings. The SMILES string of the molecule is CCn1c(=O)/c(=C\Nc2cccc(CCN(C)c3ccc(F)cc3)c2)s/c1=C(/C#N)C(=O)NCC#N. The van der Waals surface area contributed by atoms with Crippen LogP contribution < -0.4 is 30.3 Å². The molecule has 0 saturated carbocycles. The molecule has 0 radical (unpaired) electrons. The molecular formula is C26H25FN6O2S. The van der Waals surface area contributed by atoms with Crippen LogP contribution in [0, 0.1) is 28.5 Å². The zero-order valence-electron chi connectivity index (χ0n) is 19.9. The van der Waals surface area contributed by atoms with Crippen molar-refractivity contribution in [1.29, 1.82) is 10.5 Å². The molecule has 36 heavy (non-hydrogen) atoms. The van der Waals surface area contributed by atoms with Crippen LogP contribution in [-0.2, 0) is 17.8 Å². The van der Waals surface area contributed by atoms with Gasteiger partial charge in [0.15, 0.2) is 5.57 Å². The summed E-state index contributed by atoms with van der Waals surface area (Å²) in [4.78, 5) is 27.2. The van der Waals surface area contributed by atoms with Gasteiger partial charge in [-0.25, -0.2) is 4.39 Å². The highest BCUT2D eigenvalue weighted by Crippen LogP contribution is 2.15. The molecule has 0 aliphatic carbocycles. The van der Waals surface area contributed by atoms with Crippen molar-refractivity contribution in [3.05, 3.63) is 79.5 Å². The Hall–Kier alpha value is -4.41. The van der Waals surface area contributed by atoms with Gasteiger partial charge in [-0.2, -0.15) is 10.5 Å². The van der Waals surface area contributed by atoms with Crippen molar-refractivity contribution in [2.75, 3.05) is 30.4 Å². The highest BCUT2D eigenvalue weighted by molar-refractivity contribution is 7.07. The Morgan fingerprint density at radius 3 is 2.64 bits per heavy atom. The van der Waals surface area contributed by atoms with E-state index in [1.54, 1.807) is 31.3 Å². The molecule has 2 aromatic carbocycles. The number of carbonyl (C=O) groups is 1. The fraction of sp³-hybridized carbons (Fsp3) is 0.231. The zero-order valence-corrected chi connectivity index (χ0v) is 20.7. The van der Waals surface area contributed by atoms with Gasteiger partial charge in [0.25, 0.3) is 11.5 Å². The molecule has 0 bridgehead atoms. The fourth-order valence-corrected chi connectivity index (χ4v) is 4.57. The third-order valence-corrected chi connectivity index (χ3v) is 6.54. The molecule has 1 amide bonds. The van der Waals surface area contributed by atoms with Gasteiger partial charge in [-0.05, 0) is 55.3 Å². The van der Waals surface area contributed by atoms with Crippen LogP contribution in [0.4, 0.5) is 15.8 Å². The Balaban J connectivity index is 1.81. The molecule has 3 aromatic rings. The number of rotatable bonds is 9. The van der Waals surface area contributed by atoms with Crippen molar-refractivity contribution >= 4 is 40.4 Å². The number of anilines is 2. The van der Waals surface area contributed by atoms with Gasteiger partial charge in [0, 0.05) is 37.7 Å². The molecule has 8 nitrogen and oxygen atoms in total. The lowest BCUT2D eigenvalue weighted by atomic mass is 10.1. The average Bonchev–Trinajstić information content (AvgIpc) is 3.20. The van der Waals surface area contributed by atoms with Crippen molar-refractivity contribution in [2.45, 2.75) is 19.9 Å². The molecule has 0 aliphatic rings. The van der Waals surface area contributed by atoms with Crippen LogP contribution in [0.3, 0.4) is 0 Å². The van der Waals surface area contributed by atoms with Crippen molar-refractivity contribution in [1.82, 2.24) is 9.88 Å². The Kier molecular flexibility index (Phi) is 8.98. The first-order valence-corrected chi connectivity index (χ1v) is 12.0. The van der Waals surface area contributed by atoms with E-state index < -0.39 is 5.91 Å². The summed E-state index contributed by atoms with van der Waals surface area (Å²) in [6.07, 6.45) is 2.32. The highest BCUT2D eigenvalue weighted by atomic mass is 32.1. The predicted octanol–water partition coefficient (Wildman–Crippen LogP) is 1.91. The molecule has 0 aliphatic heterocycles. The van der Waals surface area contributed by atoms with E-state index in [1.807, 2.05) is 42.3 Å². The number of aromatic nitrogens is 1. The van der Waals surface area contributed by atoms with E-state index in [2.05, 4.69) is 10.6 Å². The minimum atomic E-state index is -0.694. The number of thiazole rings is 1. The first kappa shape index (κ1) is 26.2. The van der Waals surface area contributed by atoms with Gasteiger partial charge < -0.3 is 15.5 Å². The summed E-state index contributed by atoms with van der Waals surface area (Å²) in [6.45, 7) is 2.53. The summed E-state index contributed by atoms with van der Waals surface area (Å²) in [7, 11) is 1.95. The van der Waals surface area contributed by atoms with Crippen LogP contribution in [0.25, 0.3) is 11.8 Å². The fourth-order valence-electron chi connectivity index (χ4n) is 3.48. The number of nitriles is 2. The normalized spacial score (nSPS) is 11.9. The Bertz CT molecular complexity index is 1500. The van der Waals surface area contributed by atoms with Crippen LogP contribution in [-0.4, -0.2) is 30.6 Å². The summed E-state index contributed by atoms with van der Waals surface area (Å²) >= 11 is 1.04. The summed E-state index contributed by atoms with van der Waals surface area (Å²) in [5, 5.41) is 23.6. The van der Waals surface area contributed by atoms with Crippen LogP contribution in [0.2, 0.25) is 0 Å². The van der Waals surface area contributed by atoms with E-state index in [1.165, 1.54) is 16.7 Å². The molecule has 0 unspecified atom stereocenters. The van der Waals surface area contributed by atoms with E-state index in [-0.39, 0.29) is 34.7 Å². The molecule has 10 heteroatoms. The number of nitrogens with zero attached hydrogens (tertiary/aromatic N) is 4. The number of hydrogen-bond acceptors (Lipinski definition) is 7. The van der Waals surface area contributed by atoms with Crippen molar-refractivity contribution < 1.29 is 9.18 Å². The lowest BCUT2D eigenvalue weighted by molar-refractivity contribution is -0.115. The zero-order chi connectivity index (χ0) is 26.1. The Labute approximate surface area is 211 Å². The third-order valence-electron chi connectivity index (χ3n) is 5.40. The van der Waals surface area contributed by atoms with E-state index in [0.29, 0.717) is 4.53 Å². The maximum atomic E-state index is 13.2. The minimum absolute atomic E-state index is 0.207. The molecule has 0 saturated heterocycles. The number of benzene rings is 2. The summed E-state index contributed by atoms with van der Waals surface area (Å²) in [5.41, 5.74) is 2.26. The summed E-state index contributed by atoms with van der Waals surface area (Å²) in [6, 6.07) is 17.8. The molecule has 0 spiro atoms. The molecule has 1 heterocycles. The van der Waals surface area contributed by atoms with Gasteiger partial charge in [-0.15, -0.1) is 11.3 Å². The second kappa shape index (κ2) is 12.3. The van der Waals surface area contributed by atoms with Crippen LogP contribution in [0.15, 0.2) is 53.3 Å². The number of nitrogens with one attached hydrogen (secondary N) is 2. The van der Waals surface area contributed by atoms with E-state index >= 15 is 0 Å². The maximum Gasteiger partial charge on any atom is 0.270 e. The number of carbonyl (C=O) groups excluding carboxylic acids is 1. The minimum Gasteiger partial charge on any atom is -0.374 e.